The molecule has 1 fully saturated rings. The van der Waals surface area contributed by atoms with Crippen molar-refractivity contribution in [2.75, 3.05) is 19.6 Å². The first-order valence-electron chi connectivity index (χ1n) is 8.78. The standard InChI is InChI=1S/C15H27N5O2S/c1-3-18(4-2)23(21,22)20-12-8-9-13(20)15-17-16-14-10-6-5-7-11-19(14)15/h13H,3-12H2,1-2H3/t13-/m0/s1. The van der Waals surface area contributed by atoms with Gasteiger partial charge in [0.15, 0.2) is 5.82 Å². The maximum Gasteiger partial charge on any atom is 0.282 e. The molecular weight excluding hydrogens is 314 g/mol. The van der Waals surface area contributed by atoms with Gasteiger partial charge in [0.1, 0.15) is 5.82 Å². The highest BCUT2D eigenvalue weighted by molar-refractivity contribution is 7.86. The fourth-order valence-electron chi connectivity index (χ4n) is 3.73. The Bertz CT molecular complexity index is 638. The average molecular weight is 341 g/mol. The monoisotopic (exact) mass is 341 g/mol. The van der Waals surface area contributed by atoms with E-state index in [1.165, 1.54) is 10.7 Å². The average Bonchev–Trinajstić information content (AvgIpc) is 3.10. The summed E-state index contributed by atoms with van der Waals surface area (Å²) in [6, 6.07) is -0.167. The van der Waals surface area contributed by atoms with Gasteiger partial charge in [-0.25, -0.2) is 0 Å². The van der Waals surface area contributed by atoms with E-state index >= 15 is 0 Å². The van der Waals surface area contributed by atoms with Gasteiger partial charge < -0.3 is 4.57 Å². The fourth-order valence-corrected chi connectivity index (χ4v) is 5.56. The summed E-state index contributed by atoms with van der Waals surface area (Å²) < 4.78 is 31.2. The highest BCUT2D eigenvalue weighted by Gasteiger charge is 2.40. The largest absolute Gasteiger partial charge is 0.314 e. The molecular formula is C15H27N5O2S. The number of fused-ring (bicyclic) bond motifs is 1. The lowest BCUT2D eigenvalue weighted by Gasteiger charge is -2.29. The summed E-state index contributed by atoms with van der Waals surface area (Å²) in [5.41, 5.74) is 0. The first-order chi connectivity index (χ1) is 11.1. The van der Waals surface area contributed by atoms with Crippen molar-refractivity contribution in [1.82, 2.24) is 23.4 Å². The van der Waals surface area contributed by atoms with Crippen molar-refractivity contribution in [2.24, 2.45) is 0 Å². The van der Waals surface area contributed by atoms with Crippen LogP contribution in [-0.2, 0) is 23.2 Å². The molecule has 0 aromatic carbocycles. The first kappa shape index (κ1) is 16.9. The number of aromatic nitrogens is 3. The molecule has 0 unspecified atom stereocenters. The Morgan fingerprint density at radius 3 is 2.61 bits per heavy atom. The van der Waals surface area contributed by atoms with Gasteiger partial charge in [0, 0.05) is 32.6 Å². The Kier molecular flexibility index (Phi) is 5.03. The predicted octanol–water partition coefficient (Wildman–Crippen LogP) is 1.73. The second-order valence-electron chi connectivity index (χ2n) is 6.30. The topological polar surface area (TPSA) is 71.3 Å². The third-order valence-corrected chi connectivity index (χ3v) is 7.17. The number of nitrogens with zero attached hydrogens (tertiary/aromatic N) is 5. The van der Waals surface area contributed by atoms with E-state index < -0.39 is 10.2 Å². The van der Waals surface area contributed by atoms with Crippen LogP contribution in [0.1, 0.15) is 63.6 Å². The van der Waals surface area contributed by atoms with E-state index in [9.17, 15) is 8.42 Å². The molecule has 0 spiro atoms. The molecule has 2 aliphatic heterocycles. The van der Waals surface area contributed by atoms with E-state index in [1.54, 1.807) is 4.31 Å². The van der Waals surface area contributed by atoms with Crippen LogP contribution in [0.5, 0.6) is 0 Å². The third-order valence-electron chi connectivity index (χ3n) is 4.97. The highest BCUT2D eigenvalue weighted by Crippen LogP contribution is 2.35. The molecule has 0 radical (unpaired) electrons. The summed E-state index contributed by atoms with van der Waals surface area (Å²) in [6.45, 7) is 6.25. The van der Waals surface area contributed by atoms with E-state index in [0.29, 0.717) is 19.6 Å². The molecule has 3 heterocycles. The van der Waals surface area contributed by atoms with Gasteiger partial charge in [0.05, 0.1) is 6.04 Å². The van der Waals surface area contributed by atoms with Crippen molar-refractivity contribution >= 4 is 10.2 Å². The molecule has 0 bridgehead atoms. The van der Waals surface area contributed by atoms with Gasteiger partial charge in [0.2, 0.25) is 0 Å². The van der Waals surface area contributed by atoms with Crippen LogP contribution >= 0.6 is 0 Å². The Balaban J connectivity index is 1.92. The van der Waals surface area contributed by atoms with Crippen LogP contribution in [0.25, 0.3) is 0 Å². The first-order valence-corrected chi connectivity index (χ1v) is 10.2. The zero-order valence-electron chi connectivity index (χ0n) is 14.1. The van der Waals surface area contributed by atoms with Crippen molar-refractivity contribution < 1.29 is 8.42 Å². The fraction of sp³-hybridized carbons (Fsp3) is 0.867. The molecule has 0 N–H and O–H groups in total. The van der Waals surface area contributed by atoms with E-state index in [0.717, 1.165) is 50.3 Å². The molecule has 1 atom stereocenters. The quantitative estimate of drug-likeness (QED) is 0.818. The molecule has 1 aromatic rings. The summed E-state index contributed by atoms with van der Waals surface area (Å²) in [7, 11) is -3.43. The zero-order valence-corrected chi connectivity index (χ0v) is 14.9. The van der Waals surface area contributed by atoms with Crippen molar-refractivity contribution in [3.8, 4) is 0 Å². The summed E-state index contributed by atoms with van der Waals surface area (Å²) in [4.78, 5) is 0. The van der Waals surface area contributed by atoms with Gasteiger partial charge in [-0.2, -0.15) is 17.0 Å². The molecule has 0 saturated carbocycles. The lowest BCUT2D eigenvalue weighted by molar-refractivity contribution is 0.324. The van der Waals surface area contributed by atoms with Crippen molar-refractivity contribution in [3.63, 3.8) is 0 Å². The van der Waals surface area contributed by atoms with Gasteiger partial charge in [-0.05, 0) is 25.7 Å². The SMILES string of the molecule is CCN(CC)S(=O)(=O)N1CCC[C@H]1c1nnc2n1CCCCC2. The van der Waals surface area contributed by atoms with E-state index in [-0.39, 0.29) is 6.04 Å². The second kappa shape index (κ2) is 6.86. The molecule has 1 aromatic heterocycles. The van der Waals surface area contributed by atoms with Crippen LogP contribution < -0.4 is 0 Å². The van der Waals surface area contributed by atoms with E-state index in [1.807, 2.05) is 13.8 Å². The summed E-state index contributed by atoms with van der Waals surface area (Å²) in [5, 5.41) is 8.73. The number of hydrogen-bond donors (Lipinski definition) is 0. The van der Waals surface area contributed by atoms with E-state index in [2.05, 4.69) is 14.8 Å². The summed E-state index contributed by atoms with van der Waals surface area (Å²) >= 11 is 0. The normalized spacial score (nSPS) is 23.2. The minimum absolute atomic E-state index is 0.167. The summed E-state index contributed by atoms with van der Waals surface area (Å²) in [6.07, 6.45) is 6.13. The lowest BCUT2D eigenvalue weighted by Crippen LogP contribution is -2.43. The maximum absolute atomic E-state index is 12.9. The Morgan fingerprint density at radius 2 is 1.87 bits per heavy atom. The maximum atomic E-state index is 12.9. The van der Waals surface area contributed by atoms with Crippen LogP contribution in [-0.4, -0.2) is 51.4 Å². The van der Waals surface area contributed by atoms with Crippen LogP contribution in [0.15, 0.2) is 0 Å². The van der Waals surface area contributed by atoms with Crippen LogP contribution in [0.2, 0.25) is 0 Å². The second-order valence-corrected chi connectivity index (χ2v) is 8.18. The molecule has 1 saturated heterocycles. The van der Waals surface area contributed by atoms with Gasteiger partial charge in [-0.3, -0.25) is 0 Å². The highest BCUT2D eigenvalue weighted by atomic mass is 32.2. The molecule has 0 amide bonds. The van der Waals surface area contributed by atoms with Crippen molar-refractivity contribution in [3.05, 3.63) is 11.6 Å². The minimum atomic E-state index is -3.43. The molecule has 130 valence electrons. The Morgan fingerprint density at radius 1 is 1.09 bits per heavy atom. The molecule has 2 aliphatic rings. The van der Waals surface area contributed by atoms with Crippen LogP contribution in [0.3, 0.4) is 0 Å². The zero-order chi connectivity index (χ0) is 16.4. The smallest absolute Gasteiger partial charge is 0.282 e. The third kappa shape index (κ3) is 3.04. The van der Waals surface area contributed by atoms with Crippen molar-refractivity contribution in [2.45, 2.75) is 65.0 Å². The molecule has 0 aliphatic carbocycles. The van der Waals surface area contributed by atoms with Gasteiger partial charge in [0.25, 0.3) is 10.2 Å². The number of hydrogen-bond acceptors (Lipinski definition) is 4. The minimum Gasteiger partial charge on any atom is -0.314 e. The van der Waals surface area contributed by atoms with Crippen LogP contribution in [0.4, 0.5) is 0 Å². The summed E-state index contributed by atoms with van der Waals surface area (Å²) in [5.74, 6) is 1.86. The lowest BCUT2D eigenvalue weighted by atomic mass is 10.2. The van der Waals surface area contributed by atoms with E-state index in [4.69, 9.17) is 0 Å². The molecule has 8 heteroatoms. The molecule has 7 nitrogen and oxygen atoms in total. The molecule has 23 heavy (non-hydrogen) atoms. The van der Waals surface area contributed by atoms with Gasteiger partial charge in [-0.15, -0.1) is 10.2 Å². The van der Waals surface area contributed by atoms with Gasteiger partial charge in [-0.1, -0.05) is 20.3 Å². The Labute approximate surface area is 138 Å². The number of aryl methyl sites for hydroxylation is 1. The predicted molar refractivity (Wildman–Crippen MR) is 88.1 cm³/mol. The van der Waals surface area contributed by atoms with Crippen molar-refractivity contribution in [1.29, 1.82) is 0 Å². The van der Waals surface area contributed by atoms with Crippen LogP contribution in [0, 0.1) is 0 Å². The molecule has 3 rings (SSSR count). The Hall–Kier alpha value is -0.990. The van der Waals surface area contributed by atoms with Gasteiger partial charge >= 0.3 is 0 Å². The number of rotatable bonds is 5.